The highest BCUT2D eigenvalue weighted by atomic mass is 32.1. The van der Waals surface area contributed by atoms with Crippen molar-refractivity contribution in [3.63, 3.8) is 0 Å². The maximum Gasteiger partial charge on any atom is 0.120 e. The minimum Gasteiger partial charge on any atom is -0.491 e. The van der Waals surface area contributed by atoms with Crippen molar-refractivity contribution >= 4 is 11.3 Å². The zero-order chi connectivity index (χ0) is 17.7. The minimum absolute atomic E-state index is 0.0826. The van der Waals surface area contributed by atoms with Crippen LogP contribution in [-0.4, -0.2) is 22.7 Å². The van der Waals surface area contributed by atoms with Crippen molar-refractivity contribution in [3.05, 3.63) is 45.9 Å². The van der Waals surface area contributed by atoms with Crippen LogP contribution in [0.15, 0.2) is 30.5 Å². The number of aliphatic hydroxyl groups excluding tert-OH is 1. The first-order chi connectivity index (χ1) is 11.3. The number of nitrogens with zero attached hydrogens (tertiary/aromatic N) is 1. The van der Waals surface area contributed by atoms with Crippen LogP contribution in [0, 0.1) is 0 Å². The summed E-state index contributed by atoms with van der Waals surface area (Å²) in [6.07, 6.45) is 1.48. The normalized spacial score (nSPS) is 13.3. The van der Waals surface area contributed by atoms with Gasteiger partial charge in [-0.05, 0) is 31.5 Å². The van der Waals surface area contributed by atoms with Gasteiger partial charge in [-0.25, -0.2) is 4.98 Å². The smallest absolute Gasteiger partial charge is 0.120 e. The zero-order valence-electron chi connectivity index (χ0n) is 15.2. The number of aliphatic hydroxyl groups is 1. The predicted molar refractivity (Wildman–Crippen MR) is 99.7 cm³/mol. The molecule has 0 fully saturated rings. The van der Waals surface area contributed by atoms with Gasteiger partial charge >= 0.3 is 0 Å². The molecule has 0 aliphatic rings. The second kappa shape index (κ2) is 8.10. The molecule has 5 heteroatoms. The summed E-state index contributed by atoms with van der Waals surface area (Å²) in [7, 11) is 0. The first kappa shape index (κ1) is 18.9. The number of benzene rings is 1. The Hall–Kier alpha value is -1.43. The average molecular weight is 349 g/mol. The number of nitrogens with one attached hydrogen (secondary N) is 1. The van der Waals surface area contributed by atoms with Crippen molar-refractivity contribution in [1.29, 1.82) is 0 Å². The van der Waals surface area contributed by atoms with Crippen LogP contribution >= 0.6 is 11.3 Å². The quantitative estimate of drug-likeness (QED) is 0.792. The van der Waals surface area contributed by atoms with Crippen LogP contribution in [0.2, 0.25) is 0 Å². The van der Waals surface area contributed by atoms with E-state index in [2.05, 4.69) is 31.1 Å². The molecule has 0 saturated heterocycles. The number of hydrogen-bond acceptors (Lipinski definition) is 5. The van der Waals surface area contributed by atoms with Crippen molar-refractivity contribution in [3.8, 4) is 5.75 Å². The highest BCUT2D eigenvalue weighted by Gasteiger charge is 2.18. The third-order valence-electron chi connectivity index (χ3n) is 3.45. The first-order valence-electron chi connectivity index (χ1n) is 8.36. The number of ether oxygens (including phenoxy) is 1. The van der Waals surface area contributed by atoms with Crippen LogP contribution in [-0.2, 0) is 12.0 Å². The molecule has 0 spiro atoms. The summed E-state index contributed by atoms with van der Waals surface area (Å²) >= 11 is 1.72. The van der Waals surface area contributed by atoms with E-state index in [0.29, 0.717) is 13.1 Å². The molecular formula is C19H28N2O2S. The van der Waals surface area contributed by atoms with Gasteiger partial charge in [0.05, 0.1) is 17.2 Å². The molecule has 2 aromatic rings. The standard InChI is InChI=1S/C19H28N2O2S/c1-13(2)23-15-8-6-7-14(9-15)17(22)12-20-10-16-11-21-18(24-16)19(3,4)5/h6-9,11,13,17,20,22H,10,12H2,1-5H3. The van der Waals surface area contributed by atoms with Gasteiger partial charge in [-0.3, -0.25) is 0 Å². The molecule has 0 amide bonds. The van der Waals surface area contributed by atoms with Gasteiger partial charge in [0.1, 0.15) is 5.75 Å². The van der Waals surface area contributed by atoms with E-state index in [0.717, 1.165) is 16.3 Å². The number of aromatic nitrogens is 1. The predicted octanol–water partition coefficient (Wildman–Crippen LogP) is 4.05. The van der Waals surface area contributed by atoms with E-state index in [1.807, 2.05) is 44.3 Å². The van der Waals surface area contributed by atoms with Crippen molar-refractivity contribution < 1.29 is 9.84 Å². The van der Waals surface area contributed by atoms with Gasteiger partial charge in [0, 0.05) is 29.6 Å². The molecule has 0 radical (unpaired) electrons. The summed E-state index contributed by atoms with van der Waals surface area (Å²) in [5, 5.41) is 14.8. The third-order valence-corrected chi connectivity index (χ3v) is 4.87. The second-order valence-corrected chi connectivity index (χ2v) is 8.38. The fourth-order valence-electron chi connectivity index (χ4n) is 2.25. The highest BCUT2D eigenvalue weighted by Crippen LogP contribution is 2.26. The summed E-state index contributed by atoms with van der Waals surface area (Å²) in [6.45, 7) is 11.7. The molecule has 0 bridgehead atoms. The van der Waals surface area contributed by atoms with Gasteiger partial charge in [0.2, 0.25) is 0 Å². The van der Waals surface area contributed by atoms with Crippen LogP contribution in [0.5, 0.6) is 5.75 Å². The third kappa shape index (κ3) is 5.58. The maximum atomic E-state index is 10.4. The van der Waals surface area contributed by atoms with Crippen molar-refractivity contribution in [2.24, 2.45) is 0 Å². The second-order valence-electron chi connectivity index (χ2n) is 7.27. The van der Waals surface area contributed by atoms with Gasteiger partial charge < -0.3 is 15.2 Å². The lowest BCUT2D eigenvalue weighted by molar-refractivity contribution is 0.173. The van der Waals surface area contributed by atoms with E-state index < -0.39 is 6.10 Å². The van der Waals surface area contributed by atoms with E-state index in [1.165, 1.54) is 4.88 Å². The molecule has 1 aromatic carbocycles. The van der Waals surface area contributed by atoms with E-state index >= 15 is 0 Å². The molecule has 1 atom stereocenters. The molecule has 24 heavy (non-hydrogen) atoms. The Bertz CT molecular complexity index is 647. The van der Waals surface area contributed by atoms with Crippen molar-refractivity contribution in [2.45, 2.75) is 58.8 Å². The highest BCUT2D eigenvalue weighted by molar-refractivity contribution is 7.11. The summed E-state index contributed by atoms with van der Waals surface area (Å²) in [4.78, 5) is 5.67. The Morgan fingerprint density at radius 2 is 2.04 bits per heavy atom. The molecule has 0 aliphatic carbocycles. The molecule has 4 nitrogen and oxygen atoms in total. The fraction of sp³-hybridized carbons (Fsp3) is 0.526. The van der Waals surface area contributed by atoms with Gasteiger partial charge in [-0.1, -0.05) is 32.9 Å². The lowest BCUT2D eigenvalue weighted by Crippen LogP contribution is -2.20. The molecular weight excluding hydrogens is 320 g/mol. The number of thiazole rings is 1. The Morgan fingerprint density at radius 1 is 1.29 bits per heavy atom. The van der Waals surface area contributed by atoms with Gasteiger partial charge in [-0.2, -0.15) is 0 Å². The van der Waals surface area contributed by atoms with E-state index in [1.54, 1.807) is 11.3 Å². The minimum atomic E-state index is -0.560. The van der Waals surface area contributed by atoms with Crippen LogP contribution in [0.1, 0.15) is 56.2 Å². The monoisotopic (exact) mass is 348 g/mol. The largest absolute Gasteiger partial charge is 0.491 e. The Labute approximate surface area is 148 Å². The van der Waals surface area contributed by atoms with E-state index in [-0.39, 0.29) is 11.5 Å². The molecule has 132 valence electrons. The van der Waals surface area contributed by atoms with Crippen molar-refractivity contribution in [2.75, 3.05) is 6.54 Å². The molecule has 1 heterocycles. The Balaban J connectivity index is 1.87. The lowest BCUT2D eigenvalue weighted by Gasteiger charge is -2.15. The number of hydrogen-bond donors (Lipinski definition) is 2. The molecule has 1 aromatic heterocycles. The topological polar surface area (TPSA) is 54.4 Å². The summed E-state index contributed by atoms with van der Waals surface area (Å²) in [5.41, 5.74) is 0.944. The zero-order valence-corrected chi connectivity index (χ0v) is 16.0. The lowest BCUT2D eigenvalue weighted by atomic mass is 9.98. The summed E-state index contributed by atoms with van der Waals surface area (Å²) < 4.78 is 5.68. The van der Waals surface area contributed by atoms with Crippen LogP contribution < -0.4 is 10.1 Å². The van der Waals surface area contributed by atoms with Crippen LogP contribution in [0.3, 0.4) is 0 Å². The number of rotatable bonds is 7. The maximum absolute atomic E-state index is 10.4. The van der Waals surface area contributed by atoms with E-state index in [4.69, 9.17) is 4.74 Å². The molecule has 2 rings (SSSR count). The summed E-state index contributed by atoms with van der Waals surface area (Å²) in [6, 6.07) is 7.64. The Morgan fingerprint density at radius 3 is 2.67 bits per heavy atom. The summed E-state index contributed by atoms with van der Waals surface area (Å²) in [5.74, 6) is 0.791. The van der Waals surface area contributed by atoms with Crippen molar-refractivity contribution in [1.82, 2.24) is 10.3 Å². The Kier molecular flexibility index (Phi) is 6.38. The molecule has 2 N–H and O–H groups in total. The van der Waals surface area contributed by atoms with Gasteiger partial charge in [0.15, 0.2) is 0 Å². The van der Waals surface area contributed by atoms with Crippen LogP contribution in [0.4, 0.5) is 0 Å². The van der Waals surface area contributed by atoms with E-state index in [9.17, 15) is 5.11 Å². The van der Waals surface area contributed by atoms with Gasteiger partial charge in [0.25, 0.3) is 0 Å². The molecule has 0 aliphatic heterocycles. The van der Waals surface area contributed by atoms with Crippen LogP contribution in [0.25, 0.3) is 0 Å². The SMILES string of the molecule is CC(C)Oc1cccc(C(O)CNCc2cnc(C(C)(C)C)s2)c1. The first-order valence-corrected chi connectivity index (χ1v) is 9.18. The fourth-order valence-corrected chi connectivity index (χ4v) is 3.19. The van der Waals surface area contributed by atoms with Gasteiger partial charge in [-0.15, -0.1) is 11.3 Å². The average Bonchev–Trinajstić information content (AvgIpc) is 2.95. The molecule has 0 saturated carbocycles. The molecule has 1 unspecified atom stereocenters.